The van der Waals surface area contributed by atoms with Crippen molar-refractivity contribution in [2.75, 3.05) is 0 Å². The maximum atomic E-state index is 13.5. The van der Waals surface area contributed by atoms with Crippen molar-refractivity contribution in [2.45, 2.75) is 70.6 Å². The molecule has 1 aromatic carbocycles. The van der Waals surface area contributed by atoms with Crippen LogP contribution in [0.25, 0.3) is 10.7 Å². The first-order chi connectivity index (χ1) is 16.5. The smallest absolute Gasteiger partial charge is 0.247 e. The molecular weight excluding hydrogens is 455 g/mol. The lowest BCUT2D eigenvalue weighted by Crippen LogP contribution is -2.55. The van der Waals surface area contributed by atoms with Crippen LogP contribution >= 0.6 is 11.3 Å². The Balaban J connectivity index is 1.48. The fraction of sp³-hybridized carbons (Fsp3) is 0.458. The predicted molar refractivity (Wildman–Crippen MR) is 127 cm³/mol. The molecule has 2 amide bonds. The van der Waals surface area contributed by atoms with E-state index in [-0.39, 0.29) is 36.8 Å². The third-order valence-electron chi connectivity index (χ3n) is 6.13. The van der Waals surface area contributed by atoms with Gasteiger partial charge in [0.25, 0.3) is 0 Å². The molecule has 1 fully saturated rings. The van der Waals surface area contributed by atoms with E-state index in [1.54, 1.807) is 17.0 Å². The van der Waals surface area contributed by atoms with Gasteiger partial charge in [0.15, 0.2) is 0 Å². The van der Waals surface area contributed by atoms with Gasteiger partial charge in [-0.1, -0.05) is 44.4 Å². The number of carbonyl (C=O) groups excluding carboxylic acids is 2. The van der Waals surface area contributed by atoms with Crippen LogP contribution in [0, 0.1) is 5.82 Å². The lowest BCUT2D eigenvalue weighted by Gasteiger charge is -2.39. The summed E-state index contributed by atoms with van der Waals surface area (Å²) >= 11 is 1.51. The highest BCUT2D eigenvalue weighted by atomic mass is 32.1. The van der Waals surface area contributed by atoms with E-state index in [9.17, 15) is 14.0 Å². The van der Waals surface area contributed by atoms with Gasteiger partial charge in [0, 0.05) is 12.6 Å². The molecule has 10 heteroatoms. The van der Waals surface area contributed by atoms with E-state index >= 15 is 0 Å². The van der Waals surface area contributed by atoms with Crippen LogP contribution in [0.3, 0.4) is 0 Å². The summed E-state index contributed by atoms with van der Waals surface area (Å²) in [5.74, 6) is -0.238. The molecule has 1 aliphatic rings. The van der Waals surface area contributed by atoms with E-state index in [2.05, 4.69) is 20.7 Å². The predicted octanol–water partition coefficient (Wildman–Crippen LogP) is 3.80. The summed E-state index contributed by atoms with van der Waals surface area (Å²) in [7, 11) is 0. The van der Waals surface area contributed by atoms with E-state index < -0.39 is 6.04 Å². The summed E-state index contributed by atoms with van der Waals surface area (Å²) in [6, 6.07) is 9.23. The first kappa shape index (κ1) is 24.0. The number of benzene rings is 1. The topological polar surface area (TPSA) is 93.0 Å². The maximum Gasteiger partial charge on any atom is 0.247 e. The molecule has 3 aromatic rings. The van der Waals surface area contributed by atoms with Crippen LogP contribution in [0.15, 0.2) is 41.8 Å². The molecule has 1 atom stereocenters. The van der Waals surface area contributed by atoms with Crippen LogP contribution in [-0.2, 0) is 22.7 Å². The molecule has 34 heavy (non-hydrogen) atoms. The second-order valence-electron chi connectivity index (χ2n) is 8.48. The minimum absolute atomic E-state index is 0.00283. The first-order valence-electron chi connectivity index (χ1n) is 11.7. The van der Waals surface area contributed by atoms with Gasteiger partial charge in [-0.15, -0.1) is 21.5 Å². The number of aromatic nitrogens is 4. The second kappa shape index (κ2) is 11.3. The van der Waals surface area contributed by atoms with Gasteiger partial charge >= 0.3 is 0 Å². The lowest BCUT2D eigenvalue weighted by atomic mass is 9.92. The van der Waals surface area contributed by atoms with Crippen molar-refractivity contribution >= 4 is 23.2 Å². The van der Waals surface area contributed by atoms with Gasteiger partial charge in [-0.25, -0.2) is 4.39 Å². The highest BCUT2D eigenvalue weighted by Crippen LogP contribution is 2.26. The summed E-state index contributed by atoms with van der Waals surface area (Å²) in [4.78, 5) is 30.6. The standard InChI is InChI=1S/C24H29FN6O2S/c1-2-20(24(33)26-15-17-10-12-18(25)13-11-17)31(19-7-4-3-5-8-19)22(32)16-30-28-23(27-29-30)21-9-6-14-34-21/h6,9-14,19-20H,2-5,7-8,15-16H2,1H3,(H,26,33). The molecule has 0 radical (unpaired) electrons. The molecule has 1 aliphatic carbocycles. The average Bonchev–Trinajstić information content (AvgIpc) is 3.54. The average molecular weight is 485 g/mol. The number of halogens is 1. The zero-order valence-electron chi connectivity index (χ0n) is 19.2. The van der Waals surface area contributed by atoms with Crippen molar-refractivity contribution in [2.24, 2.45) is 0 Å². The molecule has 1 N–H and O–H groups in total. The number of thiophene rings is 1. The summed E-state index contributed by atoms with van der Waals surface area (Å²) < 4.78 is 13.2. The molecule has 0 bridgehead atoms. The number of rotatable bonds is 9. The first-order valence-corrected chi connectivity index (χ1v) is 12.6. The SMILES string of the molecule is CCC(C(=O)NCc1ccc(F)cc1)N(C(=O)Cn1nnc(-c2cccs2)n1)C1CCCCC1. The largest absolute Gasteiger partial charge is 0.350 e. The molecule has 4 rings (SSSR count). The number of tetrazole rings is 1. The van der Waals surface area contributed by atoms with Crippen LogP contribution in [0.1, 0.15) is 51.0 Å². The number of nitrogens with zero attached hydrogens (tertiary/aromatic N) is 5. The summed E-state index contributed by atoms with van der Waals surface area (Å²) in [5.41, 5.74) is 0.799. The Morgan fingerprint density at radius 3 is 2.65 bits per heavy atom. The van der Waals surface area contributed by atoms with Crippen molar-refractivity contribution in [3.8, 4) is 10.7 Å². The quantitative estimate of drug-likeness (QED) is 0.499. The lowest BCUT2D eigenvalue weighted by molar-refractivity contribution is -0.145. The third-order valence-corrected chi connectivity index (χ3v) is 7.00. The zero-order chi connectivity index (χ0) is 23.9. The van der Waals surface area contributed by atoms with E-state index in [1.165, 1.54) is 28.3 Å². The minimum Gasteiger partial charge on any atom is -0.350 e. The van der Waals surface area contributed by atoms with Gasteiger partial charge in [0.05, 0.1) is 4.88 Å². The van der Waals surface area contributed by atoms with E-state index in [4.69, 9.17) is 0 Å². The maximum absolute atomic E-state index is 13.5. The Labute approximate surface area is 202 Å². The molecular formula is C24H29FN6O2S. The van der Waals surface area contributed by atoms with Gasteiger partial charge in [0.2, 0.25) is 17.6 Å². The van der Waals surface area contributed by atoms with Crippen LogP contribution < -0.4 is 5.32 Å². The van der Waals surface area contributed by atoms with Crippen molar-refractivity contribution in [1.29, 1.82) is 0 Å². The number of carbonyl (C=O) groups is 2. The Hall–Kier alpha value is -3.14. The van der Waals surface area contributed by atoms with Gasteiger partial charge in [-0.3, -0.25) is 9.59 Å². The third kappa shape index (κ3) is 5.85. The van der Waals surface area contributed by atoms with E-state index in [1.807, 2.05) is 24.4 Å². The Morgan fingerprint density at radius 2 is 1.97 bits per heavy atom. The molecule has 0 aliphatic heterocycles. The number of amides is 2. The number of hydrogen-bond donors (Lipinski definition) is 1. The molecule has 2 heterocycles. The van der Waals surface area contributed by atoms with Gasteiger partial charge in [-0.2, -0.15) is 4.80 Å². The summed E-state index contributed by atoms with van der Waals surface area (Å²) in [6.45, 7) is 2.11. The molecule has 1 unspecified atom stereocenters. The molecule has 0 spiro atoms. The molecule has 2 aromatic heterocycles. The van der Waals surface area contributed by atoms with Crippen LogP contribution in [0.4, 0.5) is 4.39 Å². The van der Waals surface area contributed by atoms with Gasteiger partial charge in [0.1, 0.15) is 18.4 Å². The van der Waals surface area contributed by atoms with E-state index in [0.29, 0.717) is 12.2 Å². The van der Waals surface area contributed by atoms with Crippen molar-refractivity contribution in [3.63, 3.8) is 0 Å². The Kier molecular flexibility index (Phi) is 7.99. The Bertz CT molecular complexity index is 1080. The summed E-state index contributed by atoms with van der Waals surface area (Å²) in [6.07, 6.45) is 5.44. The van der Waals surface area contributed by atoms with Gasteiger partial charge in [-0.05, 0) is 53.6 Å². The fourth-order valence-corrected chi connectivity index (χ4v) is 5.07. The van der Waals surface area contributed by atoms with Crippen LogP contribution in [0.2, 0.25) is 0 Å². The fourth-order valence-electron chi connectivity index (χ4n) is 4.43. The Morgan fingerprint density at radius 1 is 1.21 bits per heavy atom. The molecule has 180 valence electrons. The highest BCUT2D eigenvalue weighted by Gasteiger charge is 2.35. The van der Waals surface area contributed by atoms with Crippen molar-refractivity contribution in [3.05, 3.63) is 53.2 Å². The van der Waals surface area contributed by atoms with Crippen LogP contribution in [0.5, 0.6) is 0 Å². The van der Waals surface area contributed by atoms with Gasteiger partial charge < -0.3 is 10.2 Å². The molecule has 8 nitrogen and oxygen atoms in total. The van der Waals surface area contributed by atoms with E-state index in [0.717, 1.165) is 42.5 Å². The second-order valence-corrected chi connectivity index (χ2v) is 9.43. The van der Waals surface area contributed by atoms with Crippen LogP contribution in [-0.4, -0.2) is 49.0 Å². The van der Waals surface area contributed by atoms with Crippen molar-refractivity contribution in [1.82, 2.24) is 30.4 Å². The van der Waals surface area contributed by atoms with Crippen molar-refractivity contribution < 1.29 is 14.0 Å². The molecule has 0 saturated heterocycles. The number of hydrogen-bond acceptors (Lipinski definition) is 6. The minimum atomic E-state index is -0.601. The monoisotopic (exact) mass is 484 g/mol. The normalized spacial score (nSPS) is 15.1. The molecule has 1 saturated carbocycles. The summed E-state index contributed by atoms with van der Waals surface area (Å²) in [5, 5.41) is 17.3. The number of nitrogens with one attached hydrogen (secondary N) is 1. The highest BCUT2D eigenvalue weighted by molar-refractivity contribution is 7.13. The zero-order valence-corrected chi connectivity index (χ0v) is 20.0.